The lowest BCUT2D eigenvalue weighted by Crippen LogP contribution is -2.37. The van der Waals surface area contributed by atoms with Crippen molar-refractivity contribution in [2.24, 2.45) is 5.73 Å². The van der Waals surface area contributed by atoms with Crippen LogP contribution in [0.15, 0.2) is 41.1 Å². The smallest absolute Gasteiger partial charge is 0.148 e. The Bertz CT molecular complexity index is 530. The minimum Gasteiger partial charge on any atom is -0.319 e. The monoisotopic (exact) mass is 319 g/mol. The molecule has 4 heteroatoms. The Labute approximate surface area is 122 Å². The van der Waals surface area contributed by atoms with E-state index in [-0.39, 0.29) is 0 Å². The third kappa shape index (κ3) is 3.01. The fourth-order valence-electron chi connectivity index (χ4n) is 1.94. The van der Waals surface area contributed by atoms with Crippen molar-refractivity contribution in [2.75, 3.05) is 0 Å². The highest BCUT2D eigenvalue weighted by atomic mass is 79.9. The number of hydrogen-bond acceptors (Lipinski definition) is 3. The zero-order chi connectivity index (χ0) is 13.9. The van der Waals surface area contributed by atoms with Crippen LogP contribution in [0.3, 0.4) is 0 Å². The molecule has 0 aliphatic rings. The Hall–Kier alpha value is -1.26. The van der Waals surface area contributed by atoms with Crippen LogP contribution in [0.4, 0.5) is 0 Å². The highest BCUT2D eigenvalue weighted by Crippen LogP contribution is 2.24. The van der Waals surface area contributed by atoms with Gasteiger partial charge in [-0.15, -0.1) is 0 Å². The van der Waals surface area contributed by atoms with Crippen LogP contribution in [-0.4, -0.2) is 9.97 Å². The lowest BCUT2D eigenvalue weighted by atomic mass is 9.93. The van der Waals surface area contributed by atoms with E-state index in [0.29, 0.717) is 0 Å². The van der Waals surface area contributed by atoms with Gasteiger partial charge in [0.25, 0.3) is 0 Å². The molecule has 19 heavy (non-hydrogen) atoms. The molecule has 0 bridgehead atoms. The van der Waals surface area contributed by atoms with E-state index >= 15 is 0 Å². The van der Waals surface area contributed by atoms with Crippen molar-refractivity contribution >= 4 is 15.9 Å². The lowest BCUT2D eigenvalue weighted by molar-refractivity contribution is 0.387. The van der Waals surface area contributed by atoms with Gasteiger partial charge < -0.3 is 5.73 Å². The number of benzene rings is 1. The van der Waals surface area contributed by atoms with Crippen LogP contribution in [0.5, 0.6) is 0 Å². The van der Waals surface area contributed by atoms with Crippen LogP contribution in [0.2, 0.25) is 0 Å². The minimum absolute atomic E-state index is 0.418. The third-order valence-electron chi connectivity index (χ3n) is 3.54. The summed E-state index contributed by atoms with van der Waals surface area (Å²) < 4.78 is 1.06. The summed E-state index contributed by atoms with van der Waals surface area (Å²) in [5.41, 5.74) is 7.98. The van der Waals surface area contributed by atoms with Crippen molar-refractivity contribution in [3.05, 3.63) is 47.0 Å². The van der Waals surface area contributed by atoms with E-state index in [2.05, 4.69) is 39.7 Å². The van der Waals surface area contributed by atoms with Crippen molar-refractivity contribution in [3.63, 3.8) is 0 Å². The Balaban J connectivity index is 2.30. The van der Waals surface area contributed by atoms with E-state index < -0.39 is 5.54 Å². The average molecular weight is 320 g/mol. The summed E-state index contributed by atoms with van der Waals surface area (Å²) in [4.78, 5) is 8.89. The normalized spacial score (nSPS) is 11.6. The SMILES string of the molecule is CCC(N)(CC)c1ncc(-c2ccc(Br)cc2)cn1. The van der Waals surface area contributed by atoms with Crippen molar-refractivity contribution < 1.29 is 0 Å². The van der Waals surface area contributed by atoms with Gasteiger partial charge in [-0.05, 0) is 30.5 Å². The van der Waals surface area contributed by atoms with E-state index in [1.54, 1.807) is 0 Å². The molecule has 2 N–H and O–H groups in total. The fraction of sp³-hybridized carbons (Fsp3) is 0.333. The van der Waals surface area contributed by atoms with Gasteiger partial charge >= 0.3 is 0 Å². The third-order valence-corrected chi connectivity index (χ3v) is 4.07. The number of halogens is 1. The van der Waals surface area contributed by atoms with Gasteiger partial charge in [-0.1, -0.05) is 41.9 Å². The first-order valence-electron chi connectivity index (χ1n) is 6.46. The molecule has 0 aliphatic heterocycles. The molecule has 2 rings (SSSR count). The van der Waals surface area contributed by atoms with Crippen molar-refractivity contribution in [2.45, 2.75) is 32.2 Å². The molecule has 2 aromatic rings. The van der Waals surface area contributed by atoms with E-state index in [1.807, 2.05) is 36.7 Å². The van der Waals surface area contributed by atoms with Gasteiger partial charge in [-0.25, -0.2) is 9.97 Å². The molecule has 0 fully saturated rings. The first-order valence-corrected chi connectivity index (χ1v) is 7.25. The molecule has 1 heterocycles. The van der Waals surface area contributed by atoms with Crippen molar-refractivity contribution in [1.29, 1.82) is 0 Å². The van der Waals surface area contributed by atoms with E-state index in [9.17, 15) is 0 Å². The van der Waals surface area contributed by atoms with E-state index in [0.717, 1.165) is 34.3 Å². The standard InChI is InChI=1S/C15H18BrN3/c1-3-15(17,4-2)14-18-9-12(10-19-14)11-5-7-13(16)8-6-11/h5-10H,3-4,17H2,1-2H3. The van der Waals surface area contributed by atoms with Gasteiger partial charge in [0.15, 0.2) is 0 Å². The second-order valence-corrected chi connectivity index (χ2v) is 5.58. The number of hydrogen-bond donors (Lipinski definition) is 1. The summed E-state index contributed by atoms with van der Waals surface area (Å²) in [6, 6.07) is 8.10. The van der Waals surface area contributed by atoms with Gasteiger partial charge in [0.05, 0.1) is 5.54 Å². The van der Waals surface area contributed by atoms with Gasteiger partial charge in [0, 0.05) is 22.4 Å². The maximum Gasteiger partial charge on any atom is 0.148 e. The van der Waals surface area contributed by atoms with Crippen molar-refractivity contribution in [3.8, 4) is 11.1 Å². The Morgan fingerprint density at radius 1 is 1.00 bits per heavy atom. The number of nitrogens with two attached hydrogens (primary N) is 1. The summed E-state index contributed by atoms with van der Waals surface area (Å²) in [6.45, 7) is 4.13. The fourth-order valence-corrected chi connectivity index (χ4v) is 2.21. The topological polar surface area (TPSA) is 51.8 Å². The Morgan fingerprint density at radius 2 is 1.53 bits per heavy atom. The zero-order valence-electron chi connectivity index (χ0n) is 11.2. The summed E-state index contributed by atoms with van der Waals surface area (Å²) in [5, 5.41) is 0. The van der Waals surface area contributed by atoms with Gasteiger partial charge in [-0.3, -0.25) is 0 Å². The predicted octanol–water partition coefficient (Wildman–Crippen LogP) is 3.88. The Kier molecular flexibility index (Phi) is 4.32. The highest BCUT2D eigenvalue weighted by molar-refractivity contribution is 9.10. The second-order valence-electron chi connectivity index (χ2n) is 4.67. The highest BCUT2D eigenvalue weighted by Gasteiger charge is 2.25. The van der Waals surface area contributed by atoms with Crippen LogP contribution in [0.1, 0.15) is 32.5 Å². The molecule has 100 valence electrons. The van der Waals surface area contributed by atoms with E-state index in [4.69, 9.17) is 5.73 Å². The average Bonchev–Trinajstić information content (AvgIpc) is 2.47. The quantitative estimate of drug-likeness (QED) is 0.930. The van der Waals surface area contributed by atoms with Crippen LogP contribution < -0.4 is 5.73 Å². The van der Waals surface area contributed by atoms with Crippen molar-refractivity contribution in [1.82, 2.24) is 9.97 Å². The van der Waals surface area contributed by atoms with Gasteiger partial charge in [-0.2, -0.15) is 0 Å². The molecule has 1 aromatic heterocycles. The molecule has 0 aliphatic carbocycles. The van der Waals surface area contributed by atoms with Gasteiger partial charge in [0.2, 0.25) is 0 Å². The predicted molar refractivity (Wildman–Crippen MR) is 81.6 cm³/mol. The summed E-state index contributed by atoms with van der Waals surface area (Å²) >= 11 is 3.43. The van der Waals surface area contributed by atoms with Gasteiger partial charge in [0.1, 0.15) is 5.82 Å². The van der Waals surface area contributed by atoms with Crippen LogP contribution >= 0.6 is 15.9 Å². The Morgan fingerprint density at radius 3 is 2.00 bits per heavy atom. The maximum atomic E-state index is 6.30. The van der Waals surface area contributed by atoms with Crippen LogP contribution in [-0.2, 0) is 5.54 Å². The zero-order valence-corrected chi connectivity index (χ0v) is 12.8. The van der Waals surface area contributed by atoms with Crippen LogP contribution in [0, 0.1) is 0 Å². The molecule has 0 unspecified atom stereocenters. The molecule has 0 saturated heterocycles. The second kappa shape index (κ2) is 5.80. The maximum absolute atomic E-state index is 6.30. The van der Waals surface area contributed by atoms with E-state index in [1.165, 1.54) is 0 Å². The molecule has 1 aromatic carbocycles. The summed E-state index contributed by atoms with van der Waals surface area (Å²) in [6.07, 6.45) is 5.36. The minimum atomic E-state index is -0.418. The molecule has 3 nitrogen and oxygen atoms in total. The first kappa shape index (κ1) is 14.2. The lowest BCUT2D eigenvalue weighted by Gasteiger charge is -2.24. The molecule has 0 radical (unpaired) electrons. The molecule has 0 atom stereocenters. The summed E-state index contributed by atoms with van der Waals surface area (Å²) in [7, 11) is 0. The molecule has 0 amide bonds. The number of aromatic nitrogens is 2. The summed E-state index contributed by atoms with van der Waals surface area (Å²) in [5.74, 6) is 0.721. The molecular formula is C15H18BrN3. The largest absolute Gasteiger partial charge is 0.319 e. The molecule has 0 saturated carbocycles. The number of nitrogens with zero attached hydrogens (tertiary/aromatic N) is 2. The molecule has 0 spiro atoms. The van der Waals surface area contributed by atoms with Crippen LogP contribution in [0.25, 0.3) is 11.1 Å². The first-order chi connectivity index (χ1) is 9.09. The molecular weight excluding hydrogens is 302 g/mol. The number of rotatable bonds is 4.